The minimum Gasteiger partial charge on any atom is -0.372 e. The highest BCUT2D eigenvalue weighted by atomic mass is 19.1. The van der Waals surface area contributed by atoms with Crippen molar-refractivity contribution in [3.05, 3.63) is 101 Å². The lowest BCUT2D eigenvalue weighted by molar-refractivity contribution is -0.132. The van der Waals surface area contributed by atoms with Crippen LogP contribution in [0.3, 0.4) is 0 Å². The lowest BCUT2D eigenvalue weighted by Gasteiger charge is -2.24. The van der Waals surface area contributed by atoms with Crippen LogP contribution in [0.1, 0.15) is 16.7 Å². The van der Waals surface area contributed by atoms with Crippen molar-refractivity contribution in [3.63, 3.8) is 0 Å². The molecule has 0 aliphatic carbocycles. The summed E-state index contributed by atoms with van der Waals surface area (Å²) in [6, 6.07) is 22.2. The minimum atomic E-state index is -1.88. The Bertz CT molecular complexity index is 941. The average Bonchev–Trinajstić information content (AvgIpc) is 2.86. The maximum atomic E-state index is 13.7. The topological polar surface area (TPSA) is 40.5 Å². The molecule has 0 saturated heterocycles. The summed E-state index contributed by atoms with van der Waals surface area (Å²) >= 11 is 0. The highest BCUT2D eigenvalue weighted by Gasteiger charge is 2.50. The van der Waals surface area contributed by atoms with Crippen LogP contribution in [0.2, 0.25) is 0 Å². The van der Waals surface area contributed by atoms with Crippen LogP contribution < -0.4 is 4.90 Å². The molecule has 0 fully saturated rings. The molecule has 0 unspecified atom stereocenters. The van der Waals surface area contributed by atoms with Crippen molar-refractivity contribution in [2.45, 2.75) is 12.1 Å². The number of anilines is 1. The van der Waals surface area contributed by atoms with Gasteiger partial charge in [-0.05, 0) is 23.8 Å². The van der Waals surface area contributed by atoms with Crippen LogP contribution >= 0.6 is 0 Å². The molecular weight excluding hydrogens is 317 g/mol. The van der Waals surface area contributed by atoms with Gasteiger partial charge in [-0.1, -0.05) is 60.7 Å². The maximum absolute atomic E-state index is 13.7. The largest absolute Gasteiger partial charge is 0.372 e. The lowest BCUT2D eigenvalue weighted by atomic mass is 9.87. The van der Waals surface area contributed by atoms with E-state index in [-0.39, 0.29) is 5.56 Å². The van der Waals surface area contributed by atoms with Gasteiger partial charge in [0.25, 0.3) is 5.91 Å². The number of hydrogen-bond acceptors (Lipinski definition) is 2. The summed E-state index contributed by atoms with van der Waals surface area (Å²) in [6.45, 7) is 0.342. The van der Waals surface area contributed by atoms with Gasteiger partial charge in [0.15, 0.2) is 5.60 Å². The summed E-state index contributed by atoms with van der Waals surface area (Å²) in [6.07, 6.45) is 0. The Morgan fingerprint density at radius 3 is 2.40 bits per heavy atom. The second-order valence-corrected chi connectivity index (χ2v) is 6.11. The van der Waals surface area contributed by atoms with E-state index < -0.39 is 17.3 Å². The van der Waals surface area contributed by atoms with Crippen molar-refractivity contribution in [2.75, 3.05) is 4.90 Å². The molecule has 0 radical (unpaired) electrons. The van der Waals surface area contributed by atoms with Crippen LogP contribution in [-0.2, 0) is 16.9 Å². The van der Waals surface area contributed by atoms with Crippen molar-refractivity contribution in [3.8, 4) is 0 Å². The van der Waals surface area contributed by atoms with E-state index in [9.17, 15) is 14.3 Å². The molecule has 4 rings (SSSR count). The van der Waals surface area contributed by atoms with Gasteiger partial charge in [0.1, 0.15) is 5.82 Å². The van der Waals surface area contributed by atoms with Crippen molar-refractivity contribution < 1.29 is 14.3 Å². The van der Waals surface area contributed by atoms with E-state index in [0.29, 0.717) is 17.8 Å². The first kappa shape index (κ1) is 15.5. The van der Waals surface area contributed by atoms with E-state index >= 15 is 0 Å². The van der Waals surface area contributed by atoms with Crippen LogP contribution in [0.15, 0.2) is 78.9 Å². The number of rotatable bonds is 3. The van der Waals surface area contributed by atoms with Crippen LogP contribution in [0.5, 0.6) is 0 Å². The number of fused-ring (bicyclic) bond motifs is 1. The molecule has 0 spiro atoms. The first-order valence-corrected chi connectivity index (χ1v) is 8.04. The van der Waals surface area contributed by atoms with E-state index in [1.165, 1.54) is 18.2 Å². The smallest absolute Gasteiger partial charge is 0.268 e. The summed E-state index contributed by atoms with van der Waals surface area (Å²) in [4.78, 5) is 14.7. The van der Waals surface area contributed by atoms with Crippen LogP contribution in [-0.4, -0.2) is 11.0 Å². The molecule has 3 aromatic rings. The molecular formula is C21H16FNO2. The molecule has 0 aromatic heterocycles. The quantitative estimate of drug-likeness (QED) is 0.795. The normalized spacial score (nSPS) is 19.1. The van der Waals surface area contributed by atoms with Crippen molar-refractivity contribution in [2.24, 2.45) is 0 Å². The fourth-order valence-corrected chi connectivity index (χ4v) is 3.35. The third-order valence-corrected chi connectivity index (χ3v) is 4.57. The number of amides is 1. The van der Waals surface area contributed by atoms with Gasteiger partial charge in [-0.25, -0.2) is 4.39 Å². The number of carbonyl (C=O) groups is 1. The summed E-state index contributed by atoms with van der Waals surface area (Å²) in [5.41, 5.74) is 0.423. The minimum absolute atomic E-state index is 0.237. The predicted molar refractivity (Wildman–Crippen MR) is 93.5 cm³/mol. The summed E-state index contributed by atoms with van der Waals surface area (Å²) in [7, 11) is 0. The summed E-state index contributed by atoms with van der Waals surface area (Å²) < 4.78 is 13.7. The van der Waals surface area contributed by atoms with Gasteiger partial charge in [-0.3, -0.25) is 4.79 Å². The second-order valence-electron chi connectivity index (χ2n) is 6.11. The van der Waals surface area contributed by atoms with Crippen LogP contribution in [0.25, 0.3) is 0 Å². The van der Waals surface area contributed by atoms with Crippen LogP contribution in [0.4, 0.5) is 10.1 Å². The standard InChI is InChI=1S/C21H16FNO2/c22-17-10-6-9-16(13-17)21(25)18-11-4-5-12-19(18)23(20(21)24)14-15-7-2-1-3-8-15/h1-13,25H,14H2/t21-/m1/s1. The zero-order chi connectivity index (χ0) is 17.4. The van der Waals surface area contributed by atoms with E-state index in [2.05, 4.69) is 0 Å². The van der Waals surface area contributed by atoms with Gasteiger partial charge in [-0.15, -0.1) is 0 Å². The monoisotopic (exact) mass is 333 g/mol. The number of halogens is 1. The number of aliphatic hydroxyl groups is 1. The van der Waals surface area contributed by atoms with Crippen molar-refractivity contribution in [1.82, 2.24) is 0 Å². The number of hydrogen-bond donors (Lipinski definition) is 1. The first-order chi connectivity index (χ1) is 12.1. The highest BCUT2D eigenvalue weighted by molar-refractivity contribution is 6.09. The molecule has 1 heterocycles. The number of para-hydroxylation sites is 1. The molecule has 1 aliphatic heterocycles. The molecule has 1 amide bonds. The molecule has 1 aliphatic rings. The second kappa shape index (κ2) is 5.83. The SMILES string of the molecule is O=C1N(Cc2ccccc2)c2ccccc2[C@]1(O)c1cccc(F)c1. The van der Waals surface area contributed by atoms with E-state index in [1.54, 1.807) is 29.2 Å². The predicted octanol–water partition coefficient (Wildman–Crippen LogP) is 3.61. The Hall–Kier alpha value is -2.98. The van der Waals surface area contributed by atoms with Gasteiger partial charge in [0.05, 0.1) is 12.2 Å². The van der Waals surface area contributed by atoms with Crippen molar-refractivity contribution in [1.29, 1.82) is 0 Å². The molecule has 0 saturated carbocycles. The zero-order valence-corrected chi connectivity index (χ0v) is 13.4. The molecule has 0 bridgehead atoms. The van der Waals surface area contributed by atoms with E-state index in [1.807, 2.05) is 36.4 Å². The maximum Gasteiger partial charge on any atom is 0.268 e. The van der Waals surface area contributed by atoms with Gasteiger partial charge in [-0.2, -0.15) is 0 Å². The third kappa shape index (κ3) is 2.42. The Kier molecular flexibility index (Phi) is 3.62. The van der Waals surface area contributed by atoms with E-state index in [0.717, 1.165) is 5.56 Å². The number of nitrogens with zero attached hydrogens (tertiary/aromatic N) is 1. The Morgan fingerprint density at radius 2 is 1.64 bits per heavy atom. The fraction of sp³-hybridized carbons (Fsp3) is 0.0952. The molecule has 124 valence electrons. The third-order valence-electron chi connectivity index (χ3n) is 4.57. The number of benzene rings is 3. The molecule has 4 heteroatoms. The summed E-state index contributed by atoms with van der Waals surface area (Å²) in [5.74, 6) is -0.958. The van der Waals surface area contributed by atoms with Crippen molar-refractivity contribution >= 4 is 11.6 Å². The lowest BCUT2D eigenvalue weighted by Crippen LogP contribution is -2.40. The Morgan fingerprint density at radius 1 is 0.920 bits per heavy atom. The molecule has 1 N–H and O–H groups in total. The number of carbonyl (C=O) groups excluding carboxylic acids is 1. The Labute approximate surface area is 145 Å². The first-order valence-electron chi connectivity index (χ1n) is 8.04. The molecule has 3 nitrogen and oxygen atoms in total. The van der Waals surface area contributed by atoms with E-state index in [4.69, 9.17) is 0 Å². The van der Waals surface area contributed by atoms with Gasteiger partial charge in [0.2, 0.25) is 0 Å². The summed E-state index contributed by atoms with van der Waals surface area (Å²) in [5, 5.41) is 11.3. The van der Waals surface area contributed by atoms with Crippen LogP contribution in [0, 0.1) is 5.82 Å². The van der Waals surface area contributed by atoms with Gasteiger partial charge < -0.3 is 10.0 Å². The molecule has 25 heavy (non-hydrogen) atoms. The molecule has 3 aromatic carbocycles. The zero-order valence-electron chi connectivity index (χ0n) is 13.4. The Balaban J connectivity index is 1.84. The molecule has 1 atom stereocenters. The highest BCUT2D eigenvalue weighted by Crippen LogP contribution is 2.44. The fourth-order valence-electron chi connectivity index (χ4n) is 3.35. The van der Waals surface area contributed by atoms with Gasteiger partial charge >= 0.3 is 0 Å². The average molecular weight is 333 g/mol. The van der Waals surface area contributed by atoms with Gasteiger partial charge in [0, 0.05) is 11.1 Å².